The number of methoxy groups -OCH3 is 1. The van der Waals surface area contributed by atoms with Crippen molar-refractivity contribution in [1.29, 1.82) is 5.26 Å². The van der Waals surface area contributed by atoms with E-state index >= 15 is 0 Å². The Kier molecular flexibility index (Phi) is 4.92. The van der Waals surface area contributed by atoms with Crippen molar-refractivity contribution in [2.45, 2.75) is 33.3 Å². The van der Waals surface area contributed by atoms with E-state index in [2.05, 4.69) is 4.98 Å². The zero-order chi connectivity index (χ0) is 15.3. The normalized spacial score (nSPS) is 10.6. The summed E-state index contributed by atoms with van der Waals surface area (Å²) in [5.74, 6) is -0.139. The Hall–Kier alpha value is -2.29. The molecule has 0 aliphatic carbocycles. The molecule has 0 fully saturated rings. The molecule has 0 bridgehead atoms. The lowest BCUT2D eigenvalue weighted by Crippen LogP contribution is -2.27. The SMILES string of the molecule is COc1cc(C)c(C#N)c(OCC(=O)OC(C)(C)C)n1. The van der Waals surface area contributed by atoms with Gasteiger partial charge in [-0.05, 0) is 33.3 Å². The van der Waals surface area contributed by atoms with Crippen LogP contribution in [0.4, 0.5) is 0 Å². The molecule has 0 saturated heterocycles. The van der Waals surface area contributed by atoms with Crippen molar-refractivity contribution in [2.75, 3.05) is 13.7 Å². The Morgan fingerprint density at radius 1 is 1.45 bits per heavy atom. The molecule has 6 nitrogen and oxygen atoms in total. The van der Waals surface area contributed by atoms with Crippen LogP contribution in [0.3, 0.4) is 0 Å². The molecule has 0 aliphatic heterocycles. The van der Waals surface area contributed by atoms with Gasteiger partial charge in [0.15, 0.2) is 6.61 Å². The highest BCUT2D eigenvalue weighted by molar-refractivity contribution is 5.71. The number of aryl methyl sites for hydroxylation is 1. The molecule has 0 amide bonds. The lowest BCUT2D eigenvalue weighted by Gasteiger charge is -2.19. The molecule has 1 heterocycles. The van der Waals surface area contributed by atoms with E-state index < -0.39 is 11.6 Å². The van der Waals surface area contributed by atoms with Gasteiger partial charge in [0.25, 0.3) is 0 Å². The summed E-state index contributed by atoms with van der Waals surface area (Å²) in [5, 5.41) is 9.09. The quantitative estimate of drug-likeness (QED) is 0.783. The zero-order valence-corrected chi connectivity index (χ0v) is 12.3. The second kappa shape index (κ2) is 6.24. The van der Waals surface area contributed by atoms with Crippen LogP contribution >= 0.6 is 0 Å². The van der Waals surface area contributed by atoms with Crippen molar-refractivity contribution in [3.63, 3.8) is 0 Å². The summed E-state index contributed by atoms with van der Waals surface area (Å²) < 4.78 is 15.4. The molecular formula is C14H18N2O4. The van der Waals surface area contributed by atoms with Crippen LogP contribution in [0.2, 0.25) is 0 Å². The summed E-state index contributed by atoms with van der Waals surface area (Å²) in [6.07, 6.45) is 0. The van der Waals surface area contributed by atoms with Crippen LogP contribution in [0.25, 0.3) is 0 Å². The van der Waals surface area contributed by atoms with Gasteiger partial charge in [-0.2, -0.15) is 10.2 Å². The molecule has 1 aromatic heterocycles. The van der Waals surface area contributed by atoms with E-state index in [1.165, 1.54) is 7.11 Å². The molecule has 0 aromatic carbocycles. The molecule has 0 unspecified atom stereocenters. The molecule has 0 saturated carbocycles. The lowest BCUT2D eigenvalue weighted by molar-refractivity contribution is -0.157. The summed E-state index contributed by atoms with van der Waals surface area (Å²) in [7, 11) is 1.46. The molecule has 6 heteroatoms. The smallest absolute Gasteiger partial charge is 0.344 e. The number of hydrogen-bond donors (Lipinski definition) is 0. The van der Waals surface area contributed by atoms with E-state index in [0.29, 0.717) is 11.4 Å². The molecule has 0 atom stereocenters. The fourth-order valence-electron chi connectivity index (χ4n) is 1.46. The average molecular weight is 278 g/mol. The number of esters is 1. The Morgan fingerprint density at radius 2 is 2.10 bits per heavy atom. The van der Waals surface area contributed by atoms with Gasteiger partial charge in [-0.3, -0.25) is 0 Å². The maximum absolute atomic E-state index is 11.6. The summed E-state index contributed by atoms with van der Waals surface area (Å²) >= 11 is 0. The zero-order valence-electron chi connectivity index (χ0n) is 12.3. The minimum atomic E-state index is -0.587. The third-order valence-electron chi connectivity index (χ3n) is 2.23. The molecule has 0 radical (unpaired) electrons. The van der Waals surface area contributed by atoms with E-state index in [9.17, 15) is 4.79 Å². The highest BCUT2D eigenvalue weighted by atomic mass is 16.6. The maximum Gasteiger partial charge on any atom is 0.344 e. The standard InChI is InChI=1S/C14H18N2O4/c1-9-6-11(18-5)16-13(10(9)7-15)19-8-12(17)20-14(2,3)4/h6H,8H2,1-5H3. The van der Waals surface area contributed by atoms with Gasteiger partial charge in [-0.25, -0.2) is 4.79 Å². The summed E-state index contributed by atoms with van der Waals surface area (Å²) in [4.78, 5) is 15.6. The number of nitriles is 1. The number of aromatic nitrogens is 1. The second-order valence-corrected chi connectivity index (χ2v) is 5.15. The van der Waals surface area contributed by atoms with Gasteiger partial charge in [0, 0.05) is 6.07 Å². The third-order valence-corrected chi connectivity index (χ3v) is 2.23. The van der Waals surface area contributed by atoms with E-state index in [1.807, 2.05) is 6.07 Å². The number of carbonyl (C=O) groups excluding carboxylic acids is 1. The fourth-order valence-corrected chi connectivity index (χ4v) is 1.46. The minimum absolute atomic E-state index is 0.0650. The predicted octanol–water partition coefficient (Wildman–Crippen LogP) is 1.99. The summed E-state index contributed by atoms with van der Waals surface area (Å²) in [6.45, 7) is 6.72. The Labute approximate surface area is 118 Å². The van der Waals surface area contributed by atoms with Gasteiger partial charge in [0.05, 0.1) is 7.11 Å². The average Bonchev–Trinajstić information content (AvgIpc) is 2.33. The first-order valence-corrected chi connectivity index (χ1v) is 6.07. The van der Waals surface area contributed by atoms with Gasteiger partial charge < -0.3 is 14.2 Å². The number of nitrogens with zero attached hydrogens (tertiary/aromatic N) is 2. The minimum Gasteiger partial charge on any atom is -0.481 e. The van der Waals surface area contributed by atoms with Crippen LogP contribution in [0.1, 0.15) is 31.9 Å². The van der Waals surface area contributed by atoms with E-state index in [1.54, 1.807) is 33.8 Å². The van der Waals surface area contributed by atoms with Crippen molar-refractivity contribution in [1.82, 2.24) is 4.98 Å². The van der Waals surface area contributed by atoms with Gasteiger partial charge in [0.1, 0.15) is 17.2 Å². The van der Waals surface area contributed by atoms with Crippen LogP contribution in [0.15, 0.2) is 6.07 Å². The molecule has 20 heavy (non-hydrogen) atoms. The molecule has 0 spiro atoms. The number of pyridine rings is 1. The van der Waals surface area contributed by atoms with Crippen molar-refractivity contribution in [3.05, 3.63) is 17.2 Å². The van der Waals surface area contributed by atoms with Crippen molar-refractivity contribution < 1.29 is 19.0 Å². The van der Waals surface area contributed by atoms with Gasteiger partial charge >= 0.3 is 5.97 Å². The molecule has 1 aromatic rings. The van der Waals surface area contributed by atoms with Crippen LogP contribution in [0.5, 0.6) is 11.8 Å². The predicted molar refractivity (Wildman–Crippen MR) is 71.6 cm³/mol. The monoisotopic (exact) mass is 278 g/mol. The van der Waals surface area contributed by atoms with Crippen molar-refractivity contribution in [3.8, 4) is 17.8 Å². The maximum atomic E-state index is 11.6. The first kappa shape index (κ1) is 15.8. The van der Waals surface area contributed by atoms with Crippen molar-refractivity contribution >= 4 is 5.97 Å². The fraction of sp³-hybridized carbons (Fsp3) is 0.500. The molecule has 0 N–H and O–H groups in total. The van der Waals surface area contributed by atoms with Crippen LogP contribution < -0.4 is 9.47 Å². The topological polar surface area (TPSA) is 81.4 Å². The van der Waals surface area contributed by atoms with Gasteiger partial charge in [-0.1, -0.05) is 0 Å². The summed E-state index contributed by atoms with van der Waals surface area (Å²) in [6, 6.07) is 3.62. The highest BCUT2D eigenvalue weighted by Gasteiger charge is 2.18. The lowest BCUT2D eigenvalue weighted by atomic mass is 10.2. The molecule has 108 valence electrons. The van der Waals surface area contributed by atoms with E-state index in [-0.39, 0.29) is 18.1 Å². The number of rotatable bonds is 4. The number of hydrogen-bond acceptors (Lipinski definition) is 6. The Morgan fingerprint density at radius 3 is 2.60 bits per heavy atom. The summed E-state index contributed by atoms with van der Waals surface area (Å²) in [5.41, 5.74) is 0.351. The number of ether oxygens (including phenoxy) is 3. The van der Waals surface area contributed by atoms with Crippen LogP contribution in [-0.4, -0.2) is 30.3 Å². The first-order chi connectivity index (χ1) is 9.26. The Bertz CT molecular complexity index is 541. The second-order valence-electron chi connectivity index (χ2n) is 5.15. The molecule has 0 aliphatic rings. The largest absolute Gasteiger partial charge is 0.481 e. The van der Waals surface area contributed by atoms with Gasteiger partial charge in [0.2, 0.25) is 11.8 Å². The number of carbonyl (C=O) groups is 1. The first-order valence-electron chi connectivity index (χ1n) is 6.07. The van der Waals surface area contributed by atoms with Crippen LogP contribution in [0, 0.1) is 18.3 Å². The molecular weight excluding hydrogens is 260 g/mol. The van der Waals surface area contributed by atoms with Crippen LogP contribution in [-0.2, 0) is 9.53 Å². The Balaban J connectivity index is 2.85. The van der Waals surface area contributed by atoms with Gasteiger partial charge in [-0.15, -0.1) is 0 Å². The highest BCUT2D eigenvalue weighted by Crippen LogP contribution is 2.23. The van der Waals surface area contributed by atoms with Crippen molar-refractivity contribution in [2.24, 2.45) is 0 Å². The third kappa shape index (κ3) is 4.43. The van der Waals surface area contributed by atoms with E-state index in [4.69, 9.17) is 19.5 Å². The van der Waals surface area contributed by atoms with E-state index in [0.717, 1.165) is 0 Å². The molecule has 1 rings (SSSR count).